The van der Waals surface area contributed by atoms with Crippen molar-refractivity contribution in [2.24, 2.45) is 0 Å². The smallest absolute Gasteiger partial charge is 0.252 e. The molecule has 0 spiro atoms. The average Bonchev–Trinajstić information content (AvgIpc) is 3.39. The molecule has 2 aliphatic rings. The predicted molar refractivity (Wildman–Crippen MR) is 116 cm³/mol. The van der Waals surface area contributed by atoms with Gasteiger partial charge in [0.25, 0.3) is 5.91 Å². The molecule has 0 aliphatic carbocycles. The first-order chi connectivity index (χ1) is 14.6. The van der Waals surface area contributed by atoms with E-state index in [1.807, 2.05) is 47.0 Å². The van der Waals surface area contributed by atoms with Gasteiger partial charge in [0, 0.05) is 39.1 Å². The Morgan fingerprint density at radius 2 is 1.30 bits per heavy atom. The SMILES string of the molecule is O=C1NCc2c1c1c3ccccc3n3c1c1c2c2ccccc2n1C/C(O)=C(/O)C3. The van der Waals surface area contributed by atoms with E-state index in [1.165, 1.54) is 0 Å². The highest BCUT2D eigenvalue weighted by Crippen LogP contribution is 2.45. The van der Waals surface area contributed by atoms with Gasteiger partial charge in [0.05, 0.1) is 29.7 Å². The molecule has 6 nitrogen and oxygen atoms in total. The lowest BCUT2D eigenvalue weighted by Crippen LogP contribution is -2.13. The maximum Gasteiger partial charge on any atom is 0.252 e. The van der Waals surface area contributed by atoms with Crippen LogP contribution in [-0.2, 0) is 19.6 Å². The lowest BCUT2D eigenvalue weighted by Gasteiger charge is -2.17. The molecule has 2 aromatic heterocycles. The number of carbonyl (C=O) groups is 1. The lowest BCUT2D eigenvalue weighted by molar-refractivity contribution is 0.0967. The average molecular weight is 395 g/mol. The number of aromatic nitrogens is 2. The second kappa shape index (κ2) is 5.16. The number of fused-ring (bicyclic) bond motifs is 9. The molecule has 0 bridgehead atoms. The van der Waals surface area contributed by atoms with Crippen LogP contribution in [0.1, 0.15) is 15.9 Å². The molecule has 4 heterocycles. The summed E-state index contributed by atoms with van der Waals surface area (Å²) in [6.45, 7) is 0.834. The fourth-order valence-electron chi connectivity index (χ4n) is 5.43. The fourth-order valence-corrected chi connectivity index (χ4v) is 5.43. The number of amides is 1. The van der Waals surface area contributed by atoms with Crippen molar-refractivity contribution >= 4 is 49.5 Å². The maximum atomic E-state index is 13.0. The van der Waals surface area contributed by atoms with Gasteiger partial charge in [0.2, 0.25) is 0 Å². The van der Waals surface area contributed by atoms with Gasteiger partial charge < -0.3 is 24.7 Å². The van der Waals surface area contributed by atoms with E-state index >= 15 is 0 Å². The zero-order valence-electron chi connectivity index (χ0n) is 15.9. The van der Waals surface area contributed by atoms with Crippen LogP contribution in [0.2, 0.25) is 0 Å². The van der Waals surface area contributed by atoms with Crippen LogP contribution in [0.3, 0.4) is 0 Å². The highest BCUT2D eigenvalue weighted by Gasteiger charge is 2.33. The van der Waals surface area contributed by atoms with E-state index in [9.17, 15) is 15.0 Å². The van der Waals surface area contributed by atoms with E-state index in [1.54, 1.807) is 0 Å². The van der Waals surface area contributed by atoms with Crippen molar-refractivity contribution in [3.05, 3.63) is 71.2 Å². The molecule has 0 atom stereocenters. The van der Waals surface area contributed by atoms with Gasteiger partial charge in [-0.2, -0.15) is 0 Å². The first kappa shape index (κ1) is 15.9. The van der Waals surface area contributed by atoms with Crippen molar-refractivity contribution in [1.82, 2.24) is 14.5 Å². The van der Waals surface area contributed by atoms with Crippen molar-refractivity contribution in [1.29, 1.82) is 0 Å². The molecule has 0 fully saturated rings. The lowest BCUT2D eigenvalue weighted by atomic mass is 9.97. The predicted octanol–water partition coefficient (Wildman–Crippen LogP) is 4.49. The van der Waals surface area contributed by atoms with E-state index in [0.29, 0.717) is 6.54 Å². The number of carbonyl (C=O) groups excluding carboxylic acids is 1. The molecular weight excluding hydrogens is 378 g/mol. The Balaban J connectivity index is 1.90. The zero-order chi connectivity index (χ0) is 20.1. The minimum atomic E-state index is -0.0590. The third-order valence-electron chi connectivity index (χ3n) is 6.62. The molecule has 2 aliphatic heterocycles. The summed E-state index contributed by atoms with van der Waals surface area (Å²) >= 11 is 0. The molecule has 30 heavy (non-hydrogen) atoms. The first-order valence-electron chi connectivity index (χ1n) is 10.00. The van der Waals surface area contributed by atoms with Crippen LogP contribution in [0.5, 0.6) is 0 Å². The Bertz CT molecular complexity index is 1630. The van der Waals surface area contributed by atoms with Gasteiger partial charge in [-0.25, -0.2) is 0 Å². The minimum absolute atomic E-state index is 0.0380. The number of aliphatic hydroxyl groups excluding tert-OH is 2. The molecular formula is C24H17N3O3. The summed E-state index contributed by atoms with van der Waals surface area (Å²) in [6, 6.07) is 16.0. The molecule has 0 saturated heterocycles. The summed E-state index contributed by atoms with van der Waals surface area (Å²) in [7, 11) is 0. The summed E-state index contributed by atoms with van der Waals surface area (Å²) in [4.78, 5) is 13.0. The van der Waals surface area contributed by atoms with Gasteiger partial charge in [0.15, 0.2) is 11.5 Å². The van der Waals surface area contributed by atoms with Gasteiger partial charge in [-0.3, -0.25) is 4.79 Å². The summed E-state index contributed by atoms with van der Waals surface area (Å²) in [6.07, 6.45) is 0. The third-order valence-corrected chi connectivity index (χ3v) is 6.62. The van der Waals surface area contributed by atoms with Crippen LogP contribution in [0.25, 0.3) is 43.6 Å². The summed E-state index contributed by atoms with van der Waals surface area (Å²) in [5.74, 6) is -0.153. The van der Waals surface area contributed by atoms with Crippen LogP contribution >= 0.6 is 0 Å². The summed E-state index contributed by atoms with van der Waals surface area (Å²) < 4.78 is 4.09. The zero-order valence-corrected chi connectivity index (χ0v) is 15.9. The van der Waals surface area contributed by atoms with Crippen molar-refractivity contribution < 1.29 is 15.0 Å². The van der Waals surface area contributed by atoms with Crippen LogP contribution < -0.4 is 5.32 Å². The molecule has 6 heteroatoms. The number of rotatable bonds is 0. The van der Waals surface area contributed by atoms with Gasteiger partial charge >= 0.3 is 0 Å². The Labute approximate surface area is 170 Å². The quantitative estimate of drug-likeness (QED) is 0.362. The highest BCUT2D eigenvalue weighted by atomic mass is 16.3. The number of allylic oxidation sites excluding steroid dienone is 2. The van der Waals surface area contributed by atoms with Crippen molar-refractivity contribution in [3.63, 3.8) is 0 Å². The highest BCUT2D eigenvalue weighted by molar-refractivity contribution is 6.30. The normalized spacial score (nSPS) is 18.5. The van der Waals surface area contributed by atoms with E-state index in [-0.39, 0.29) is 30.5 Å². The van der Waals surface area contributed by atoms with Crippen LogP contribution in [0.15, 0.2) is 60.0 Å². The Hall–Kier alpha value is -3.93. The molecule has 3 aromatic carbocycles. The first-order valence-corrected chi connectivity index (χ1v) is 10.00. The summed E-state index contributed by atoms with van der Waals surface area (Å²) in [5, 5.41) is 28.3. The maximum absolute atomic E-state index is 13.0. The second-order valence-corrected chi connectivity index (χ2v) is 8.08. The number of nitrogens with zero attached hydrogens (tertiary/aromatic N) is 2. The van der Waals surface area contributed by atoms with E-state index < -0.39 is 0 Å². The fraction of sp³-hybridized carbons (Fsp3) is 0.125. The van der Waals surface area contributed by atoms with Crippen LogP contribution in [0, 0.1) is 0 Å². The Kier molecular flexibility index (Phi) is 2.74. The van der Waals surface area contributed by atoms with E-state index in [4.69, 9.17) is 0 Å². The molecule has 146 valence electrons. The second-order valence-electron chi connectivity index (χ2n) is 8.08. The van der Waals surface area contributed by atoms with Gasteiger partial charge in [-0.1, -0.05) is 36.4 Å². The molecule has 3 N–H and O–H groups in total. The molecule has 7 rings (SSSR count). The van der Waals surface area contributed by atoms with Crippen molar-refractivity contribution in [2.75, 3.05) is 0 Å². The van der Waals surface area contributed by atoms with Gasteiger partial charge in [-0.05, 0) is 17.7 Å². The van der Waals surface area contributed by atoms with Crippen molar-refractivity contribution in [3.8, 4) is 0 Å². The van der Waals surface area contributed by atoms with Gasteiger partial charge in [-0.15, -0.1) is 0 Å². The van der Waals surface area contributed by atoms with Crippen LogP contribution in [-0.4, -0.2) is 25.3 Å². The van der Waals surface area contributed by atoms with Crippen molar-refractivity contribution in [2.45, 2.75) is 19.6 Å². The number of aliphatic hydroxyl groups is 2. The number of hydrogen-bond acceptors (Lipinski definition) is 3. The standard InChI is InChI=1S/C24H17N3O3/c28-17-10-26-15-7-3-1-5-12(15)19-14-9-25-24(30)21(14)20-13-6-2-4-8-16(13)27(11-18(17)29)23(20)22(19)26/h1-8,28-29H,9-11H2,(H,25,30)/b18-17-. The Morgan fingerprint density at radius 1 is 0.767 bits per heavy atom. The number of hydrogen-bond donors (Lipinski definition) is 3. The van der Waals surface area contributed by atoms with E-state index in [2.05, 4.69) is 16.0 Å². The third kappa shape index (κ3) is 1.69. The van der Waals surface area contributed by atoms with Crippen LogP contribution in [0.4, 0.5) is 0 Å². The minimum Gasteiger partial charge on any atom is -0.507 e. The number of para-hydroxylation sites is 2. The molecule has 0 radical (unpaired) electrons. The molecule has 0 saturated carbocycles. The number of benzene rings is 3. The van der Waals surface area contributed by atoms with Gasteiger partial charge in [0.1, 0.15) is 0 Å². The molecule has 0 unspecified atom stereocenters. The monoisotopic (exact) mass is 395 g/mol. The summed E-state index contributed by atoms with van der Waals surface area (Å²) in [5.41, 5.74) is 5.56. The largest absolute Gasteiger partial charge is 0.507 e. The Morgan fingerprint density at radius 3 is 1.93 bits per heavy atom. The number of nitrogens with one attached hydrogen (secondary N) is 1. The van der Waals surface area contributed by atoms with E-state index in [0.717, 1.165) is 54.7 Å². The topological polar surface area (TPSA) is 79.4 Å². The molecule has 1 amide bonds. The molecule has 5 aromatic rings.